The zero-order valence-corrected chi connectivity index (χ0v) is 25.5. The number of terminal acetylenes is 1. The summed E-state index contributed by atoms with van der Waals surface area (Å²) in [6.45, 7) is 0.319. The number of nitrogens with zero attached hydrogens (tertiary/aromatic N) is 4. The van der Waals surface area contributed by atoms with Crippen LogP contribution in [0.2, 0.25) is 0 Å². The molecular weight excluding hydrogens is 599 g/mol. The number of hydrogen-bond acceptors (Lipinski definition) is 5. The van der Waals surface area contributed by atoms with Crippen molar-refractivity contribution in [2.24, 2.45) is 0 Å². The van der Waals surface area contributed by atoms with Gasteiger partial charge in [-0.15, -0.1) is 6.42 Å². The van der Waals surface area contributed by atoms with Gasteiger partial charge in [0.2, 0.25) is 18.2 Å². The van der Waals surface area contributed by atoms with Crippen LogP contribution in [0, 0.1) is 18.2 Å². The minimum absolute atomic E-state index is 0.111. The summed E-state index contributed by atoms with van der Waals surface area (Å²) in [6.07, 6.45) is 5.85. The molecule has 0 aliphatic carbocycles. The van der Waals surface area contributed by atoms with Crippen molar-refractivity contribution in [2.75, 3.05) is 25.0 Å². The molecule has 0 aromatic heterocycles. The lowest BCUT2D eigenvalue weighted by atomic mass is 9.98. The van der Waals surface area contributed by atoms with Gasteiger partial charge >= 0.3 is 6.03 Å². The van der Waals surface area contributed by atoms with E-state index in [1.807, 2.05) is 54.6 Å². The van der Waals surface area contributed by atoms with Crippen LogP contribution in [-0.2, 0) is 33.9 Å². The SMILES string of the molecule is C#CCN(C(=O)NCc1ccc(F)cc1)N1CC(=O)N2[C@@H](Cc3ccc(NC=O)cc3)C(=O)N(Cc3cccc4ccccc34)C[C@@H]21. The van der Waals surface area contributed by atoms with Crippen LogP contribution in [0.1, 0.15) is 16.7 Å². The number of urea groups is 1. The van der Waals surface area contributed by atoms with Crippen molar-refractivity contribution in [3.05, 3.63) is 114 Å². The van der Waals surface area contributed by atoms with E-state index in [2.05, 4.69) is 16.6 Å². The highest BCUT2D eigenvalue weighted by atomic mass is 19.1. The summed E-state index contributed by atoms with van der Waals surface area (Å²) in [5, 5.41) is 10.5. The number of rotatable bonds is 10. The van der Waals surface area contributed by atoms with Crippen LogP contribution in [0.15, 0.2) is 91.0 Å². The Bertz CT molecular complexity index is 1840. The average molecular weight is 633 g/mol. The van der Waals surface area contributed by atoms with Crippen LogP contribution in [0.4, 0.5) is 14.9 Å². The summed E-state index contributed by atoms with van der Waals surface area (Å²) >= 11 is 0. The number of halogens is 1. The second-order valence-corrected chi connectivity index (χ2v) is 11.5. The first kappa shape index (κ1) is 31.3. The summed E-state index contributed by atoms with van der Waals surface area (Å²) in [7, 11) is 0. The fraction of sp³-hybridized carbons (Fsp3) is 0.222. The van der Waals surface area contributed by atoms with E-state index in [0.29, 0.717) is 24.2 Å². The maximum atomic E-state index is 14.3. The number of amides is 5. The highest BCUT2D eigenvalue weighted by Crippen LogP contribution is 2.31. The third-order valence-corrected chi connectivity index (χ3v) is 8.56. The quantitative estimate of drug-likeness (QED) is 0.205. The Labute approximate surface area is 271 Å². The van der Waals surface area contributed by atoms with Gasteiger partial charge in [0.1, 0.15) is 18.0 Å². The second-order valence-electron chi connectivity index (χ2n) is 11.5. The molecule has 6 rings (SSSR count). The average Bonchev–Trinajstić information content (AvgIpc) is 3.41. The number of hydrogen-bond donors (Lipinski definition) is 2. The summed E-state index contributed by atoms with van der Waals surface area (Å²) in [6, 6.07) is 25.4. The Morgan fingerprint density at radius 3 is 2.45 bits per heavy atom. The molecule has 0 radical (unpaired) electrons. The molecule has 47 heavy (non-hydrogen) atoms. The van der Waals surface area contributed by atoms with Gasteiger partial charge in [-0.2, -0.15) is 5.01 Å². The van der Waals surface area contributed by atoms with E-state index >= 15 is 0 Å². The highest BCUT2D eigenvalue weighted by Gasteiger charge is 2.52. The third kappa shape index (κ3) is 6.64. The number of benzene rings is 4. The molecule has 4 aromatic rings. The van der Waals surface area contributed by atoms with E-state index in [0.717, 1.165) is 21.9 Å². The largest absolute Gasteiger partial charge is 0.333 e. The normalized spacial score (nSPS) is 17.7. The molecule has 2 heterocycles. The summed E-state index contributed by atoms with van der Waals surface area (Å²) < 4.78 is 13.4. The van der Waals surface area contributed by atoms with Crippen LogP contribution in [0.3, 0.4) is 0 Å². The van der Waals surface area contributed by atoms with E-state index in [9.17, 15) is 23.6 Å². The van der Waals surface area contributed by atoms with Gasteiger partial charge in [-0.25, -0.2) is 14.2 Å². The lowest BCUT2D eigenvalue weighted by Gasteiger charge is -2.46. The molecule has 238 valence electrons. The molecule has 0 bridgehead atoms. The Morgan fingerprint density at radius 1 is 0.979 bits per heavy atom. The molecule has 2 aliphatic rings. The van der Waals surface area contributed by atoms with Gasteiger partial charge in [0.15, 0.2) is 0 Å². The van der Waals surface area contributed by atoms with E-state index in [-0.39, 0.29) is 50.2 Å². The maximum Gasteiger partial charge on any atom is 0.333 e. The Kier molecular flexibility index (Phi) is 9.13. The molecule has 2 saturated heterocycles. The van der Waals surface area contributed by atoms with E-state index in [4.69, 9.17) is 6.42 Å². The lowest BCUT2D eigenvalue weighted by molar-refractivity contribution is -0.157. The molecule has 0 spiro atoms. The molecule has 5 amide bonds. The fourth-order valence-electron chi connectivity index (χ4n) is 6.29. The first-order valence-electron chi connectivity index (χ1n) is 15.2. The van der Waals surface area contributed by atoms with Gasteiger partial charge < -0.3 is 20.4 Å². The van der Waals surface area contributed by atoms with Crippen molar-refractivity contribution in [1.82, 2.24) is 25.1 Å². The van der Waals surface area contributed by atoms with Crippen LogP contribution in [0.25, 0.3) is 10.8 Å². The maximum absolute atomic E-state index is 14.3. The van der Waals surface area contributed by atoms with Gasteiger partial charge in [0.05, 0.1) is 19.6 Å². The number of nitrogens with one attached hydrogen (secondary N) is 2. The van der Waals surface area contributed by atoms with Gasteiger partial charge in [-0.05, 0) is 51.7 Å². The van der Waals surface area contributed by atoms with Crippen LogP contribution in [0.5, 0.6) is 0 Å². The van der Waals surface area contributed by atoms with Crippen molar-refractivity contribution in [3.8, 4) is 12.3 Å². The summed E-state index contributed by atoms with van der Waals surface area (Å²) in [4.78, 5) is 55.7. The number of carbonyl (C=O) groups is 4. The van der Waals surface area contributed by atoms with Crippen molar-refractivity contribution >= 4 is 40.7 Å². The second kappa shape index (κ2) is 13.7. The van der Waals surface area contributed by atoms with Crippen molar-refractivity contribution in [2.45, 2.75) is 31.7 Å². The summed E-state index contributed by atoms with van der Waals surface area (Å²) in [5.41, 5.74) is 3.06. The fourth-order valence-corrected chi connectivity index (χ4v) is 6.29. The number of piperazine rings is 1. The van der Waals surface area contributed by atoms with E-state index < -0.39 is 18.2 Å². The minimum Gasteiger partial charge on any atom is -0.333 e. The number of anilines is 1. The van der Waals surface area contributed by atoms with Crippen molar-refractivity contribution < 1.29 is 23.6 Å². The third-order valence-electron chi connectivity index (χ3n) is 8.56. The van der Waals surface area contributed by atoms with Gasteiger partial charge in [-0.3, -0.25) is 14.4 Å². The van der Waals surface area contributed by atoms with E-state index in [1.54, 1.807) is 39.1 Å². The molecule has 2 atom stereocenters. The number of hydrazine groups is 1. The molecule has 2 fully saturated rings. The van der Waals surface area contributed by atoms with Crippen LogP contribution < -0.4 is 10.6 Å². The standard InChI is InChI=1S/C36H33FN6O4/c1-2-18-41(36(47)38-20-26-10-14-29(37)15-11-26)42-23-34(45)43-32(19-25-12-16-30(17-13-25)39-24-44)35(46)40(22-33(42)43)21-28-8-5-7-27-6-3-4-9-31(27)28/h1,3-17,24,32-33H,18-23H2,(H,38,47)(H,39,44)/t32-,33+/m0/s1. The number of fused-ring (bicyclic) bond motifs is 2. The predicted octanol–water partition coefficient (Wildman–Crippen LogP) is 3.73. The summed E-state index contributed by atoms with van der Waals surface area (Å²) in [5.74, 6) is 1.63. The van der Waals surface area contributed by atoms with Gasteiger partial charge in [0, 0.05) is 25.2 Å². The minimum atomic E-state index is -0.846. The van der Waals surface area contributed by atoms with Crippen LogP contribution >= 0.6 is 0 Å². The molecule has 2 aliphatic heterocycles. The Hall–Kier alpha value is -5.73. The van der Waals surface area contributed by atoms with Gasteiger partial charge in [0.25, 0.3) is 0 Å². The molecule has 0 unspecified atom stereocenters. The zero-order chi connectivity index (χ0) is 32.9. The predicted molar refractivity (Wildman–Crippen MR) is 175 cm³/mol. The van der Waals surface area contributed by atoms with E-state index in [1.165, 1.54) is 17.1 Å². The number of carbonyl (C=O) groups excluding carboxylic acids is 4. The Morgan fingerprint density at radius 2 is 1.70 bits per heavy atom. The molecule has 4 aromatic carbocycles. The monoisotopic (exact) mass is 632 g/mol. The molecule has 0 saturated carbocycles. The van der Waals surface area contributed by atoms with Crippen molar-refractivity contribution in [3.63, 3.8) is 0 Å². The molecular formula is C36H33FN6O4. The molecule has 11 heteroatoms. The topological polar surface area (TPSA) is 105 Å². The smallest absolute Gasteiger partial charge is 0.333 e. The molecule has 10 nitrogen and oxygen atoms in total. The van der Waals surface area contributed by atoms with Crippen LogP contribution in [-0.4, -0.2) is 75.9 Å². The first-order chi connectivity index (χ1) is 22.9. The van der Waals surface area contributed by atoms with Crippen molar-refractivity contribution in [1.29, 1.82) is 0 Å². The first-order valence-corrected chi connectivity index (χ1v) is 15.2. The highest BCUT2D eigenvalue weighted by molar-refractivity contribution is 5.92. The zero-order valence-electron chi connectivity index (χ0n) is 25.5. The molecule has 2 N–H and O–H groups in total. The van der Waals surface area contributed by atoms with Gasteiger partial charge in [-0.1, -0.05) is 72.7 Å². The Balaban J connectivity index is 1.31. The lowest BCUT2D eigenvalue weighted by Crippen LogP contribution is -2.66.